The van der Waals surface area contributed by atoms with Crippen LogP contribution in [0.3, 0.4) is 0 Å². The van der Waals surface area contributed by atoms with E-state index in [1.165, 1.54) is 0 Å². The van der Waals surface area contributed by atoms with Gasteiger partial charge in [-0.25, -0.2) is 4.98 Å². The van der Waals surface area contributed by atoms with Gasteiger partial charge in [-0.1, -0.05) is 0 Å². The summed E-state index contributed by atoms with van der Waals surface area (Å²) in [6.07, 6.45) is 3.72. The highest BCUT2D eigenvalue weighted by atomic mass is 127. The molecule has 1 rings (SSSR count). The van der Waals surface area contributed by atoms with Crippen LogP contribution in [0.2, 0.25) is 0 Å². The Balaban J connectivity index is 0.00000256. The second-order valence-electron chi connectivity index (χ2n) is 4.76. The molecule has 0 aliphatic carbocycles. The van der Waals surface area contributed by atoms with Crippen molar-refractivity contribution < 1.29 is 0 Å². The maximum Gasteiger partial charge on any atom is 0.191 e. The number of aromatic nitrogens is 2. The Bertz CT molecular complexity index is 364. The average molecular weight is 351 g/mol. The number of nitrogens with one attached hydrogen (secondary N) is 2. The van der Waals surface area contributed by atoms with Crippen LogP contribution in [0.25, 0.3) is 0 Å². The van der Waals surface area contributed by atoms with Gasteiger partial charge in [-0.05, 0) is 20.8 Å². The summed E-state index contributed by atoms with van der Waals surface area (Å²) in [7, 11) is 3.74. The molecule has 0 atom stereocenters. The van der Waals surface area contributed by atoms with Crippen LogP contribution in [0.5, 0.6) is 0 Å². The van der Waals surface area contributed by atoms with Gasteiger partial charge in [-0.3, -0.25) is 4.99 Å². The molecule has 17 heavy (non-hydrogen) atoms. The highest BCUT2D eigenvalue weighted by Crippen LogP contribution is 1.98. The largest absolute Gasteiger partial charge is 0.352 e. The van der Waals surface area contributed by atoms with Gasteiger partial charge in [0, 0.05) is 32.0 Å². The van der Waals surface area contributed by atoms with Crippen LogP contribution in [0.15, 0.2) is 17.4 Å². The molecule has 0 aromatic carbocycles. The summed E-state index contributed by atoms with van der Waals surface area (Å²) in [5.74, 6) is 1.77. The maximum absolute atomic E-state index is 4.24. The minimum atomic E-state index is 0. The van der Waals surface area contributed by atoms with Crippen LogP contribution >= 0.6 is 24.0 Å². The van der Waals surface area contributed by atoms with Crippen LogP contribution in [-0.2, 0) is 13.6 Å². The lowest BCUT2D eigenvalue weighted by Crippen LogP contribution is -2.47. The van der Waals surface area contributed by atoms with Crippen molar-refractivity contribution >= 4 is 29.9 Å². The highest BCUT2D eigenvalue weighted by molar-refractivity contribution is 14.0. The van der Waals surface area contributed by atoms with Crippen molar-refractivity contribution in [1.29, 1.82) is 0 Å². The zero-order valence-electron chi connectivity index (χ0n) is 11.1. The van der Waals surface area contributed by atoms with E-state index in [0.717, 1.165) is 11.8 Å². The smallest absolute Gasteiger partial charge is 0.191 e. The number of rotatable bonds is 2. The molecular formula is C11H22IN5. The first-order chi connectivity index (χ1) is 7.42. The van der Waals surface area contributed by atoms with E-state index >= 15 is 0 Å². The third kappa shape index (κ3) is 5.90. The Morgan fingerprint density at radius 1 is 1.47 bits per heavy atom. The van der Waals surface area contributed by atoms with Gasteiger partial charge in [-0.2, -0.15) is 0 Å². The van der Waals surface area contributed by atoms with Crippen molar-refractivity contribution in [2.45, 2.75) is 32.9 Å². The zero-order valence-corrected chi connectivity index (χ0v) is 13.4. The van der Waals surface area contributed by atoms with E-state index in [1.54, 1.807) is 13.2 Å². The molecule has 0 amide bonds. The van der Waals surface area contributed by atoms with Crippen molar-refractivity contribution in [2.24, 2.45) is 12.0 Å². The number of hydrogen-bond donors (Lipinski definition) is 2. The molecule has 2 N–H and O–H groups in total. The Hall–Kier alpha value is -0.790. The van der Waals surface area contributed by atoms with Crippen LogP contribution < -0.4 is 10.6 Å². The Morgan fingerprint density at radius 3 is 2.53 bits per heavy atom. The molecular weight excluding hydrogens is 329 g/mol. The SMILES string of the molecule is CN=C(NCc1nccn1C)NC(C)(C)C.I. The molecule has 1 aromatic rings. The average Bonchev–Trinajstić information content (AvgIpc) is 2.57. The fourth-order valence-corrected chi connectivity index (χ4v) is 1.26. The second kappa shape index (κ2) is 6.83. The molecule has 0 fully saturated rings. The Morgan fingerprint density at radius 2 is 2.12 bits per heavy atom. The number of imidazole rings is 1. The van der Waals surface area contributed by atoms with E-state index in [0.29, 0.717) is 6.54 Å². The third-order valence-electron chi connectivity index (χ3n) is 2.05. The van der Waals surface area contributed by atoms with Crippen molar-refractivity contribution in [2.75, 3.05) is 7.05 Å². The quantitative estimate of drug-likeness (QED) is 0.482. The van der Waals surface area contributed by atoms with E-state index in [4.69, 9.17) is 0 Å². The lowest BCUT2D eigenvalue weighted by atomic mass is 10.1. The zero-order chi connectivity index (χ0) is 12.2. The fourth-order valence-electron chi connectivity index (χ4n) is 1.26. The van der Waals surface area contributed by atoms with Gasteiger partial charge in [0.15, 0.2) is 5.96 Å². The minimum Gasteiger partial charge on any atom is -0.352 e. The first-order valence-corrected chi connectivity index (χ1v) is 5.37. The van der Waals surface area contributed by atoms with E-state index < -0.39 is 0 Å². The first-order valence-electron chi connectivity index (χ1n) is 5.37. The van der Waals surface area contributed by atoms with Crippen LogP contribution in [0.1, 0.15) is 26.6 Å². The predicted molar refractivity (Wildman–Crippen MR) is 81.7 cm³/mol. The molecule has 1 aromatic heterocycles. The van der Waals surface area contributed by atoms with Crippen molar-refractivity contribution in [3.63, 3.8) is 0 Å². The summed E-state index contributed by atoms with van der Waals surface area (Å²) in [5.41, 5.74) is 0.00345. The standard InChI is InChI=1S/C11H21N5.HI/c1-11(2,3)15-10(12-4)14-8-9-13-6-7-16(9)5;/h6-7H,8H2,1-5H3,(H2,12,14,15);1H. The monoisotopic (exact) mass is 351 g/mol. The van der Waals surface area contributed by atoms with Crippen molar-refractivity contribution in [3.8, 4) is 0 Å². The number of guanidine groups is 1. The number of nitrogens with zero attached hydrogens (tertiary/aromatic N) is 3. The summed E-state index contributed by atoms with van der Waals surface area (Å²) in [4.78, 5) is 8.40. The summed E-state index contributed by atoms with van der Waals surface area (Å²) in [5, 5.41) is 6.51. The maximum atomic E-state index is 4.24. The molecule has 0 aliphatic heterocycles. The lowest BCUT2D eigenvalue weighted by Gasteiger charge is -2.23. The topological polar surface area (TPSA) is 54.2 Å². The Kier molecular flexibility index (Phi) is 6.51. The molecule has 0 spiro atoms. The summed E-state index contributed by atoms with van der Waals surface area (Å²) in [6, 6.07) is 0. The van der Waals surface area contributed by atoms with Gasteiger partial charge in [0.1, 0.15) is 5.82 Å². The molecule has 6 heteroatoms. The number of aryl methyl sites for hydroxylation is 1. The molecule has 98 valence electrons. The van der Waals surface area contributed by atoms with E-state index in [9.17, 15) is 0 Å². The van der Waals surface area contributed by atoms with Gasteiger partial charge < -0.3 is 15.2 Å². The fraction of sp³-hybridized carbons (Fsp3) is 0.636. The summed E-state index contributed by atoms with van der Waals surface area (Å²) >= 11 is 0. The highest BCUT2D eigenvalue weighted by Gasteiger charge is 2.11. The lowest BCUT2D eigenvalue weighted by molar-refractivity contribution is 0.500. The molecule has 0 bridgehead atoms. The number of halogens is 1. The van der Waals surface area contributed by atoms with Gasteiger partial charge in [0.25, 0.3) is 0 Å². The normalized spacial score (nSPS) is 11.9. The summed E-state index contributed by atoms with van der Waals surface area (Å²) in [6.45, 7) is 6.96. The molecule has 1 heterocycles. The van der Waals surface area contributed by atoms with E-state index in [1.807, 2.05) is 17.8 Å². The molecule has 5 nitrogen and oxygen atoms in total. The van der Waals surface area contributed by atoms with Crippen molar-refractivity contribution in [1.82, 2.24) is 20.2 Å². The minimum absolute atomic E-state index is 0. The first kappa shape index (κ1) is 16.2. The molecule has 0 radical (unpaired) electrons. The van der Waals surface area contributed by atoms with Gasteiger partial charge in [0.2, 0.25) is 0 Å². The Labute approximate surface area is 120 Å². The summed E-state index contributed by atoms with van der Waals surface area (Å²) < 4.78 is 1.98. The van der Waals surface area contributed by atoms with Crippen molar-refractivity contribution in [3.05, 3.63) is 18.2 Å². The van der Waals surface area contributed by atoms with E-state index in [2.05, 4.69) is 41.4 Å². The molecule has 0 saturated carbocycles. The molecule has 0 unspecified atom stereocenters. The molecule has 0 aliphatic rings. The van der Waals surface area contributed by atoms with Crippen LogP contribution in [0, 0.1) is 0 Å². The van der Waals surface area contributed by atoms with Crippen LogP contribution in [0.4, 0.5) is 0 Å². The number of aliphatic imine (C=N–C) groups is 1. The molecule has 0 saturated heterocycles. The second-order valence-corrected chi connectivity index (χ2v) is 4.76. The third-order valence-corrected chi connectivity index (χ3v) is 2.05. The van der Waals surface area contributed by atoms with Gasteiger partial charge in [-0.15, -0.1) is 24.0 Å². The van der Waals surface area contributed by atoms with Gasteiger partial charge >= 0.3 is 0 Å². The number of hydrogen-bond acceptors (Lipinski definition) is 2. The predicted octanol–water partition coefficient (Wildman–Crippen LogP) is 1.50. The van der Waals surface area contributed by atoms with Crippen LogP contribution in [-0.4, -0.2) is 28.1 Å². The van der Waals surface area contributed by atoms with Gasteiger partial charge in [0.05, 0.1) is 6.54 Å². The van der Waals surface area contributed by atoms with E-state index in [-0.39, 0.29) is 29.5 Å².